The number of likely N-dealkylation sites (tertiary alicyclic amines) is 2. The van der Waals surface area contributed by atoms with Crippen molar-refractivity contribution in [1.82, 2.24) is 15.1 Å². The van der Waals surface area contributed by atoms with Crippen molar-refractivity contribution < 1.29 is 9.59 Å². The van der Waals surface area contributed by atoms with Crippen LogP contribution in [-0.4, -0.2) is 73.0 Å². The first-order valence-electron chi connectivity index (χ1n) is 9.85. The van der Waals surface area contributed by atoms with Crippen LogP contribution < -0.4 is 16.8 Å². The Morgan fingerprint density at radius 3 is 2.32 bits per heavy atom. The van der Waals surface area contributed by atoms with Gasteiger partial charge in [-0.2, -0.15) is 0 Å². The Kier molecular flexibility index (Phi) is 8.64. The van der Waals surface area contributed by atoms with Gasteiger partial charge in [-0.15, -0.1) is 0 Å². The molecule has 5 N–H and O–H groups in total. The minimum absolute atomic E-state index is 0.104. The molecular weight excluding hydrogens is 318 g/mol. The summed E-state index contributed by atoms with van der Waals surface area (Å²) in [5.41, 5.74) is 10.9. The summed E-state index contributed by atoms with van der Waals surface area (Å²) in [6, 6.07) is 0.0965. The molecule has 0 aromatic heterocycles. The highest BCUT2D eigenvalue weighted by atomic mass is 16.2. The zero-order chi connectivity index (χ0) is 18.1. The number of rotatable bonds is 9. The lowest BCUT2D eigenvalue weighted by Crippen LogP contribution is -2.51. The molecule has 0 spiro atoms. The zero-order valence-electron chi connectivity index (χ0n) is 15.4. The highest BCUT2D eigenvalue weighted by molar-refractivity contribution is 5.87. The molecule has 0 bridgehead atoms. The van der Waals surface area contributed by atoms with Crippen molar-refractivity contribution in [2.24, 2.45) is 11.5 Å². The van der Waals surface area contributed by atoms with Crippen molar-refractivity contribution in [2.75, 3.05) is 39.3 Å². The number of primary amides is 1. The Morgan fingerprint density at radius 2 is 1.72 bits per heavy atom. The van der Waals surface area contributed by atoms with Gasteiger partial charge in [0.1, 0.15) is 6.04 Å². The predicted molar refractivity (Wildman–Crippen MR) is 98.9 cm³/mol. The molecule has 2 amide bonds. The first-order chi connectivity index (χ1) is 12.1. The average molecular weight is 354 g/mol. The maximum atomic E-state index is 12.2. The highest BCUT2D eigenvalue weighted by Gasteiger charge is 2.27. The van der Waals surface area contributed by atoms with Crippen LogP contribution >= 0.6 is 0 Å². The second kappa shape index (κ2) is 10.7. The monoisotopic (exact) mass is 353 g/mol. The van der Waals surface area contributed by atoms with Crippen molar-refractivity contribution in [3.8, 4) is 0 Å². The molecular formula is C18H35N5O2. The molecule has 0 aromatic carbocycles. The van der Waals surface area contributed by atoms with E-state index < -0.39 is 11.9 Å². The van der Waals surface area contributed by atoms with Crippen molar-refractivity contribution in [3.63, 3.8) is 0 Å². The molecule has 0 aliphatic carbocycles. The number of piperidine rings is 2. The van der Waals surface area contributed by atoms with E-state index >= 15 is 0 Å². The van der Waals surface area contributed by atoms with E-state index in [2.05, 4.69) is 15.1 Å². The number of nitrogens with one attached hydrogen (secondary N) is 1. The van der Waals surface area contributed by atoms with Gasteiger partial charge in [0.25, 0.3) is 0 Å². The molecule has 144 valence electrons. The Balaban J connectivity index is 1.69. The van der Waals surface area contributed by atoms with Crippen LogP contribution in [0.3, 0.4) is 0 Å². The lowest BCUT2D eigenvalue weighted by molar-refractivity contribution is -0.128. The number of amides is 2. The Bertz CT molecular complexity index is 418. The molecule has 25 heavy (non-hydrogen) atoms. The van der Waals surface area contributed by atoms with Crippen molar-refractivity contribution in [1.29, 1.82) is 0 Å². The minimum Gasteiger partial charge on any atom is -0.368 e. The van der Waals surface area contributed by atoms with Gasteiger partial charge in [-0.25, -0.2) is 0 Å². The van der Waals surface area contributed by atoms with Crippen molar-refractivity contribution in [3.05, 3.63) is 0 Å². The van der Waals surface area contributed by atoms with Crippen LogP contribution in [0.1, 0.15) is 51.4 Å². The maximum absolute atomic E-state index is 12.2. The van der Waals surface area contributed by atoms with E-state index in [1.165, 1.54) is 32.4 Å². The van der Waals surface area contributed by atoms with Gasteiger partial charge >= 0.3 is 0 Å². The van der Waals surface area contributed by atoms with Gasteiger partial charge in [0.15, 0.2) is 0 Å². The number of nitrogens with two attached hydrogens (primary N) is 2. The summed E-state index contributed by atoms with van der Waals surface area (Å²) in [4.78, 5) is 28.6. The lowest BCUT2D eigenvalue weighted by atomic mass is 10.00. The Morgan fingerprint density at radius 1 is 1.04 bits per heavy atom. The van der Waals surface area contributed by atoms with Crippen LogP contribution in [0.2, 0.25) is 0 Å². The number of hydrogen-bond donors (Lipinski definition) is 3. The van der Waals surface area contributed by atoms with E-state index in [4.69, 9.17) is 11.5 Å². The van der Waals surface area contributed by atoms with Gasteiger partial charge in [0, 0.05) is 19.1 Å². The van der Waals surface area contributed by atoms with Crippen LogP contribution in [0.25, 0.3) is 0 Å². The largest absolute Gasteiger partial charge is 0.368 e. The molecule has 7 nitrogen and oxygen atoms in total. The van der Waals surface area contributed by atoms with Gasteiger partial charge < -0.3 is 21.7 Å². The molecule has 7 heteroatoms. The third kappa shape index (κ3) is 6.92. The van der Waals surface area contributed by atoms with Crippen LogP contribution in [0.5, 0.6) is 0 Å². The summed E-state index contributed by atoms with van der Waals surface area (Å²) in [7, 11) is 0. The maximum Gasteiger partial charge on any atom is 0.240 e. The standard InChI is InChI=1S/C18H35N5O2/c19-9-3-2-6-16(18(20)25)21-17(24)14-22-12-7-15(8-13-22)23-10-4-1-5-11-23/h15-16H,1-14,19H2,(H2,20,25)(H,21,24). The molecule has 2 fully saturated rings. The van der Waals surface area contributed by atoms with Gasteiger partial charge in [-0.3, -0.25) is 14.5 Å². The summed E-state index contributed by atoms with van der Waals surface area (Å²) in [6.07, 6.45) is 8.46. The SMILES string of the molecule is NCCCCC(NC(=O)CN1CCC(N2CCCCC2)CC1)C(N)=O. The Hall–Kier alpha value is -1.18. The third-order valence-electron chi connectivity index (χ3n) is 5.46. The molecule has 2 aliphatic heterocycles. The molecule has 2 saturated heterocycles. The number of carbonyl (C=O) groups excluding carboxylic acids is 2. The fourth-order valence-electron chi connectivity index (χ4n) is 3.95. The van der Waals surface area contributed by atoms with Gasteiger partial charge in [-0.1, -0.05) is 6.42 Å². The number of carbonyl (C=O) groups is 2. The molecule has 2 aliphatic rings. The van der Waals surface area contributed by atoms with Gasteiger partial charge in [0.2, 0.25) is 11.8 Å². The first-order valence-corrected chi connectivity index (χ1v) is 9.85. The van der Waals surface area contributed by atoms with E-state index in [0.717, 1.165) is 38.8 Å². The molecule has 1 atom stereocenters. The number of hydrogen-bond acceptors (Lipinski definition) is 5. The van der Waals surface area contributed by atoms with Gasteiger partial charge in [0.05, 0.1) is 6.54 Å². The van der Waals surface area contributed by atoms with E-state index in [1.54, 1.807) is 0 Å². The van der Waals surface area contributed by atoms with E-state index in [9.17, 15) is 9.59 Å². The van der Waals surface area contributed by atoms with Gasteiger partial charge in [-0.05, 0) is 64.6 Å². The summed E-state index contributed by atoms with van der Waals surface area (Å²) >= 11 is 0. The molecule has 0 radical (unpaired) electrons. The first kappa shape index (κ1) is 20.1. The van der Waals surface area contributed by atoms with Crippen molar-refractivity contribution >= 4 is 11.8 Å². The fourth-order valence-corrected chi connectivity index (χ4v) is 3.95. The summed E-state index contributed by atoms with van der Waals surface area (Å²) in [6.45, 7) is 5.30. The summed E-state index contributed by atoms with van der Waals surface area (Å²) < 4.78 is 0. The fraction of sp³-hybridized carbons (Fsp3) is 0.889. The normalized spacial score (nSPS) is 21.8. The minimum atomic E-state index is -0.579. The average Bonchev–Trinajstić information content (AvgIpc) is 2.62. The second-order valence-corrected chi connectivity index (χ2v) is 7.41. The van der Waals surface area contributed by atoms with E-state index in [-0.39, 0.29) is 5.91 Å². The topological polar surface area (TPSA) is 105 Å². The molecule has 0 saturated carbocycles. The van der Waals surface area contributed by atoms with Crippen LogP contribution in [0.4, 0.5) is 0 Å². The quantitative estimate of drug-likeness (QED) is 0.508. The molecule has 2 rings (SSSR count). The van der Waals surface area contributed by atoms with Crippen molar-refractivity contribution in [2.45, 2.75) is 63.5 Å². The smallest absolute Gasteiger partial charge is 0.240 e. The van der Waals surface area contributed by atoms with E-state index in [0.29, 0.717) is 25.6 Å². The third-order valence-corrected chi connectivity index (χ3v) is 5.46. The van der Waals surface area contributed by atoms with E-state index in [1.807, 2.05) is 0 Å². The second-order valence-electron chi connectivity index (χ2n) is 7.41. The predicted octanol–water partition coefficient (Wildman–Crippen LogP) is 0.0358. The lowest BCUT2D eigenvalue weighted by Gasteiger charge is -2.40. The summed E-state index contributed by atoms with van der Waals surface area (Å²) in [5.74, 6) is -0.567. The molecule has 0 aromatic rings. The summed E-state index contributed by atoms with van der Waals surface area (Å²) in [5, 5.41) is 2.79. The molecule has 2 heterocycles. The molecule has 1 unspecified atom stereocenters. The van der Waals surface area contributed by atoms with Crippen LogP contribution in [-0.2, 0) is 9.59 Å². The van der Waals surface area contributed by atoms with Crippen LogP contribution in [0.15, 0.2) is 0 Å². The highest BCUT2D eigenvalue weighted by Crippen LogP contribution is 2.20. The zero-order valence-corrected chi connectivity index (χ0v) is 15.4. The van der Waals surface area contributed by atoms with Crippen LogP contribution in [0, 0.1) is 0 Å². The Labute approximate surface area is 151 Å². The number of nitrogens with zero attached hydrogens (tertiary/aromatic N) is 2. The number of unbranched alkanes of at least 4 members (excludes halogenated alkanes) is 1.